The van der Waals surface area contributed by atoms with Crippen LogP contribution >= 0.6 is 24.0 Å². The Hall–Kier alpha value is -2.43. The fourth-order valence-corrected chi connectivity index (χ4v) is 2.41. The zero-order valence-electron chi connectivity index (χ0n) is 17.0. The summed E-state index contributed by atoms with van der Waals surface area (Å²) in [7, 11) is 3.34. The lowest BCUT2D eigenvalue weighted by Gasteiger charge is -2.13. The first kappa shape index (κ1) is 24.6. The van der Waals surface area contributed by atoms with E-state index >= 15 is 0 Å². The number of furan rings is 1. The Labute approximate surface area is 188 Å². The molecule has 1 aromatic heterocycles. The summed E-state index contributed by atoms with van der Waals surface area (Å²) >= 11 is 0. The van der Waals surface area contributed by atoms with Gasteiger partial charge in [0.05, 0.1) is 19.9 Å². The number of aryl methyl sites for hydroxylation is 1. The van der Waals surface area contributed by atoms with Crippen LogP contribution in [-0.2, 0) is 0 Å². The Kier molecular flexibility index (Phi) is 11.6. The minimum absolute atomic E-state index is 0. The van der Waals surface area contributed by atoms with E-state index in [0.29, 0.717) is 38.0 Å². The van der Waals surface area contributed by atoms with Crippen LogP contribution in [-0.4, -0.2) is 52.3 Å². The lowest BCUT2D eigenvalue weighted by Crippen LogP contribution is -2.40. The molecule has 0 atom stereocenters. The monoisotopic (exact) mass is 516 g/mol. The predicted octanol–water partition coefficient (Wildman–Crippen LogP) is 2.58. The van der Waals surface area contributed by atoms with Crippen LogP contribution in [0, 0.1) is 6.92 Å². The van der Waals surface area contributed by atoms with Gasteiger partial charge in [-0.3, -0.25) is 9.79 Å². The highest BCUT2D eigenvalue weighted by Crippen LogP contribution is 2.16. The van der Waals surface area contributed by atoms with Gasteiger partial charge in [-0.15, -0.1) is 24.0 Å². The smallest absolute Gasteiger partial charge is 0.287 e. The standard InChI is InChI=1S/C20H28N4O4.HI/c1-15-9-13-28-18(15)19(25)22-10-4-11-23-20(21-2)24-12-14-27-17-7-5-16(26-3)6-8-17;/h5-9,13H,4,10-12,14H2,1-3H3,(H,22,25)(H2,21,23,24);1H. The normalized spacial score (nSPS) is 10.7. The second-order valence-electron chi connectivity index (χ2n) is 5.99. The number of hydrogen-bond donors (Lipinski definition) is 3. The molecule has 1 amide bonds. The maximum atomic E-state index is 11.9. The second-order valence-corrected chi connectivity index (χ2v) is 5.99. The maximum absolute atomic E-state index is 11.9. The number of methoxy groups -OCH3 is 1. The van der Waals surface area contributed by atoms with E-state index in [0.717, 1.165) is 23.5 Å². The molecular weight excluding hydrogens is 487 g/mol. The molecule has 0 unspecified atom stereocenters. The van der Waals surface area contributed by atoms with E-state index in [1.54, 1.807) is 20.2 Å². The highest BCUT2D eigenvalue weighted by atomic mass is 127. The number of aliphatic imine (C=N–C) groups is 1. The Balaban J connectivity index is 0.00000420. The van der Waals surface area contributed by atoms with Gasteiger partial charge in [-0.25, -0.2) is 0 Å². The topological polar surface area (TPSA) is 97.1 Å². The van der Waals surface area contributed by atoms with Crippen LogP contribution in [0.15, 0.2) is 46.0 Å². The van der Waals surface area contributed by atoms with Crippen molar-refractivity contribution < 1.29 is 18.7 Å². The molecule has 9 heteroatoms. The Bertz CT molecular complexity index is 762. The van der Waals surface area contributed by atoms with Gasteiger partial charge >= 0.3 is 0 Å². The summed E-state index contributed by atoms with van der Waals surface area (Å²) in [5.41, 5.74) is 0.831. The number of nitrogens with one attached hydrogen (secondary N) is 3. The summed E-state index contributed by atoms with van der Waals surface area (Å²) in [4.78, 5) is 16.1. The molecule has 29 heavy (non-hydrogen) atoms. The van der Waals surface area contributed by atoms with Gasteiger partial charge < -0.3 is 29.8 Å². The number of carbonyl (C=O) groups excluding carboxylic acids is 1. The summed E-state index contributed by atoms with van der Waals surface area (Å²) in [6.07, 6.45) is 2.27. The van der Waals surface area contributed by atoms with Gasteiger partial charge in [0.25, 0.3) is 5.91 Å². The van der Waals surface area contributed by atoms with Gasteiger partial charge in [0.2, 0.25) is 0 Å². The molecule has 160 valence electrons. The lowest BCUT2D eigenvalue weighted by atomic mass is 10.2. The van der Waals surface area contributed by atoms with Crippen LogP contribution < -0.4 is 25.4 Å². The van der Waals surface area contributed by atoms with Crippen molar-refractivity contribution in [3.05, 3.63) is 47.9 Å². The van der Waals surface area contributed by atoms with Crippen molar-refractivity contribution in [1.82, 2.24) is 16.0 Å². The summed E-state index contributed by atoms with van der Waals surface area (Å²) in [6.45, 7) is 4.18. The molecular formula is C20H29IN4O4. The second kappa shape index (κ2) is 13.7. The van der Waals surface area contributed by atoms with Gasteiger partial charge in [-0.05, 0) is 43.7 Å². The summed E-state index contributed by atoms with van der Waals surface area (Å²) in [6, 6.07) is 9.21. The highest BCUT2D eigenvalue weighted by molar-refractivity contribution is 14.0. The van der Waals surface area contributed by atoms with Gasteiger partial charge in [-0.2, -0.15) is 0 Å². The summed E-state index contributed by atoms with van der Waals surface area (Å²) in [5.74, 6) is 2.44. The predicted molar refractivity (Wildman–Crippen MR) is 124 cm³/mol. The number of carbonyl (C=O) groups is 1. The van der Waals surface area contributed by atoms with E-state index in [9.17, 15) is 4.79 Å². The SMILES string of the molecule is CN=C(NCCCNC(=O)c1occc1C)NCCOc1ccc(OC)cc1.I. The number of nitrogens with zero attached hydrogens (tertiary/aromatic N) is 1. The number of ether oxygens (including phenoxy) is 2. The molecule has 0 bridgehead atoms. The fourth-order valence-electron chi connectivity index (χ4n) is 2.41. The van der Waals surface area contributed by atoms with E-state index in [2.05, 4.69) is 20.9 Å². The number of benzene rings is 1. The van der Waals surface area contributed by atoms with Gasteiger partial charge in [0.1, 0.15) is 18.1 Å². The molecule has 0 aliphatic heterocycles. The number of hydrogen-bond acceptors (Lipinski definition) is 5. The van der Waals surface area contributed by atoms with E-state index < -0.39 is 0 Å². The quantitative estimate of drug-likeness (QED) is 0.195. The fraction of sp³-hybridized carbons (Fsp3) is 0.400. The molecule has 3 N–H and O–H groups in total. The van der Waals surface area contributed by atoms with Crippen LogP contribution in [0.4, 0.5) is 0 Å². The van der Waals surface area contributed by atoms with E-state index in [-0.39, 0.29) is 29.9 Å². The Morgan fingerprint density at radius 2 is 1.69 bits per heavy atom. The molecule has 0 saturated heterocycles. The van der Waals surface area contributed by atoms with E-state index in [4.69, 9.17) is 13.9 Å². The van der Waals surface area contributed by atoms with Crippen molar-refractivity contribution in [2.45, 2.75) is 13.3 Å². The third-order valence-corrected chi connectivity index (χ3v) is 3.95. The molecule has 0 saturated carbocycles. The average molecular weight is 516 g/mol. The zero-order chi connectivity index (χ0) is 20.2. The van der Waals surface area contributed by atoms with Crippen LogP contribution in [0.2, 0.25) is 0 Å². The molecule has 8 nitrogen and oxygen atoms in total. The molecule has 0 aliphatic rings. The minimum atomic E-state index is -0.194. The van der Waals surface area contributed by atoms with Crippen molar-refractivity contribution in [1.29, 1.82) is 0 Å². The minimum Gasteiger partial charge on any atom is -0.497 e. The first-order valence-corrected chi connectivity index (χ1v) is 9.17. The zero-order valence-corrected chi connectivity index (χ0v) is 19.3. The molecule has 1 aromatic carbocycles. The molecule has 0 aliphatic carbocycles. The molecule has 2 aromatic rings. The first-order valence-electron chi connectivity index (χ1n) is 9.17. The van der Waals surface area contributed by atoms with Crippen molar-refractivity contribution in [2.75, 3.05) is 40.4 Å². The van der Waals surface area contributed by atoms with Crippen molar-refractivity contribution in [3.8, 4) is 11.5 Å². The Morgan fingerprint density at radius 3 is 2.31 bits per heavy atom. The third-order valence-electron chi connectivity index (χ3n) is 3.95. The first-order chi connectivity index (χ1) is 13.6. The number of guanidine groups is 1. The summed E-state index contributed by atoms with van der Waals surface area (Å²) in [5, 5.41) is 9.21. The molecule has 2 rings (SSSR count). The van der Waals surface area contributed by atoms with E-state index in [1.165, 1.54) is 6.26 Å². The number of rotatable bonds is 10. The third kappa shape index (κ3) is 8.63. The van der Waals surface area contributed by atoms with Crippen LogP contribution in [0.1, 0.15) is 22.5 Å². The van der Waals surface area contributed by atoms with Crippen LogP contribution in [0.25, 0.3) is 0 Å². The highest BCUT2D eigenvalue weighted by Gasteiger charge is 2.11. The lowest BCUT2D eigenvalue weighted by molar-refractivity contribution is 0.0925. The Morgan fingerprint density at radius 1 is 1.03 bits per heavy atom. The van der Waals surface area contributed by atoms with Crippen LogP contribution in [0.3, 0.4) is 0 Å². The van der Waals surface area contributed by atoms with Gasteiger partial charge in [-0.1, -0.05) is 0 Å². The number of amides is 1. The molecule has 1 heterocycles. The largest absolute Gasteiger partial charge is 0.497 e. The van der Waals surface area contributed by atoms with Gasteiger partial charge in [0.15, 0.2) is 11.7 Å². The van der Waals surface area contributed by atoms with Gasteiger partial charge in [0, 0.05) is 25.7 Å². The summed E-state index contributed by atoms with van der Waals surface area (Å²) < 4.78 is 15.9. The van der Waals surface area contributed by atoms with Crippen LogP contribution in [0.5, 0.6) is 11.5 Å². The molecule has 0 spiro atoms. The van der Waals surface area contributed by atoms with Crippen molar-refractivity contribution in [3.63, 3.8) is 0 Å². The van der Waals surface area contributed by atoms with Crippen molar-refractivity contribution >= 4 is 35.8 Å². The molecule has 0 fully saturated rings. The van der Waals surface area contributed by atoms with E-state index in [1.807, 2.05) is 31.2 Å². The van der Waals surface area contributed by atoms with Crippen molar-refractivity contribution in [2.24, 2.45) is 4.99 Å². The average Bonchev–Trinajstić information content (AvgIpc) is 3.15. The maximum Gasteiger partial charge on any atom is 0.287 e. The number of halogens is 1. The molecule has 0 radical (unpaired) electrons.